The first-order chi connectivity index (χ1) is 6.29. The molecule has 0 atom stereocenters. The molecular weight excluding hydrogens is 184 g/mol. The average molecular weight is 194 g/mol. The van der Waals surface area contributed by atoms with E-state index in [1.54, 1.807) is 27.9 Å². The lowest BCUT2D eigenvalue weighted by Crippen LogP contribution is -2.04. The molecule has 0 saturated carbocycles. The van der Waals surface area contributed by atoms with Gasteiger partial charge in [0.2, 0.25) is 0 Å². The maximum atomic E-state index is 4.19. The van der Waals surface area contributed by atoms with E-state index in [4.69, 9.17) is 0 Å². The van der Waals surface area contributed by atoms with E-state index in [-0.39, 0.29) is 0 Å². The zero-order valence-corrected chi connectivity index (χ0v) is 8.32. The normalized spacial score (nSPS) is 11.0. The van der Waals surface area contributed by atoms with Crippen molar-refractivity contribution in [3.8, 4) is 5.82 Å². The summed E-state index contributed by atoms with van der Waals surface area (Å²) in [4.78, 5) is 8.37. The van der Waals surface area contributed by atoms with Crippen LogP contribution in [0, 0.1) is 0 Å². The Kier molecular flexibility index (Phi) is 2.10. The maximum Gasteiger partial charge on any atom is 0.166 e. The Balaban J connectivity index is 2.46. The van der Waals surface area contributed by atoms with Crippen LogP contribution in [0.25, 0.3) is 5.82 Å². The summed E-state index contributed by atoms with van der Waals surface area (Å²) in [5, 5.41) is 6.09. The molecule has 4 nitrogen and oxygen atoms in total. The van der Waals surface area contributed by atoms with Gasteiger partial charge in [0.05, 0.1) is 5.51 Å². The highest BCUT2D eigenvalue weighted by atomic mass is 32.1. The summed E-state index contributed by atoms with van der Waals surface area (Å²) >= 11 is 1.56. The molecule has 0 aliphatic rings. The highest BCUT2D eigenvalue weighted by molar-refractivity contribution is 7.07. The number of hydrogen-bond donors (Lipinski definition) is 0. The Morgan fingerprint density at radius 2 is 2.23 bits per heavy atom. The molecule has 0 amide bonds. The van der Waals surface area contributed by atoms with E-state index in [1.165, 1.54) is 0 Å². The number of thiazole rings is 1. The lowest BCUT2D eigenvalue weighted by molar-refractivity contribution is 0.705. The molecule has 0 fully saturated rings. The molecule has 0 spiro atoms. The van der Waals surface area contributed by atoms with Crippen LogP contribution in [0.2, 0.25) is 0 Å². The first-order valence-corrected chi connectivity index (χ1v) is 5.02. The fourth-order valence-electron chi connectivity index (χ4n) is 1.13. The van der Waals surface area contributed by atoms with Gasteiger partial charge in [0.15, 0.2) is 5.82 Å². The van der Waals surface area contributed by atoms with Gasteiger partial charge in [-0.15, -0.1) is 11.3 Å². The van der Waals surface area contributed by atoms with Crippen LogP contribution in [0.4, 0.5) is 0 Å². The zero-order valence-electron chi connectivity index (χ0n) is 7.51. The fraction of sp³-hybridized carbons (Fsp3) is 0.375. The van der Waals surface area contributed by atoms with Crippen molar-refractivity contribution in [2.24, 2.45) is 0 Å². The van der Waals surface area contributed by atoms with Gasteiger partial charge in [-0.25, -0.2) is 9.97 Å². The highest BCUT2D eigenvalue weighted by Gasteiger charge is 2.10. The largest absolute Gasteiger partial charge is 0.225 e. The second-order valence-electron chi connectivity index (χ2n) is 3.03. The number of hydrogen-bond acceptors (Lipinski definition) is 4. The van der Waals surface area contributed by atoms with Gasteiger partial charge in [-0.1, -0.05) is 13.8 Å². The Hall–Kier alpha value is -1.23. The molecule has 5 heteroatoms. The van der Waals surface area contributed by atoms with Crippen LogP contribution >= 0.6 is 11.3 Å². The van der Waals surface area contributed by atoms with Gasteiger partial charge in [0.1, 0.15) is 12.2 Å². The van der Waals surface area contributed by atoms with Crippen LogP contribution in [-0.4, -0.2) is 19.7 Å². The van der Waals surface area contributed by atoms with E-state index in [2.05, 4.69) is 28.9 Å². The first kappa shape index (κ1) is 8.37. The number of rotatable bonds is 2. The van der Waals surface area contributed by atoms with E-state index < -0.39 is 0 Å². The monoisotopic (exact) mass is 194 g/mol. The third kappa shape index (κ3) is 1.47. The van der Waals surface area contributed by atoms with Gasteiger partial charge >= 0.3 is 0 Å². The molecule has 0 aliphatic carbocycles. The van der Waals surface area contributed by atoms with Gasteiger partial charge in [-0.2, -0.15) is 9.78 Å². The highest BCUT2D eigenvalue weighted by Crippen LogP contribution is 2.15. The molecule has 2 heterocycles. The van der Waals surface area contributed by atoms with Crippen LogP contribution in [0.3, 0.4) is 0 Å². The SMILES string of the molecule is CC(C)c1ncnn1-c1cscn1. The van der Waals surface area contributed by atoms with Gasteiger partial charge in [-0.3, -0.25) is 0 Å². The molecule has 0 bridgehead atoms. The molecule has 0 N–H and O–H groups in total. The lowest BCUT2D eigenvalue weighted by Gasteiger charge is -2.04. The van der Waals surface area contributed by atoms with Crippen LogP contribution in [0.5, 0.6) is 0 Å². The van der Waals surface area contributed by atoms with Crippen molar-refractivity contribution in [3.05, 3.63) is 23.0 Å². The first-order valence-electron chi connectivity index (χ1n) is 4.07. The third-order valence-electron chi connectivity index (χ3n) is 1.73. The number of aromatic nitrogens is 4. The van der Waals surface area contributed by atoms with Crippen molar-refractivity contribution in [3.63, 3.8) is 0 Å². The summed E-state index contributed by atoms with van der Waals surface area (Å²) in [5.41, 5.74) is 1.79. The number of nitrogens with zero attached hydrogens (tertiary/aromatic N) is 4. The fourth-order valence-corrected chi connectivity index (χ4v) is 1.64. The minimum absolute atomic E-state index is 0.365. The van der Waals surface area contributed by atoms with Crippen molar-refractivity contribution in [1.82, 2.24) is 19.7 Å². The zero-order chi connectivity index (χ0) is 9.26. The molecule has 68 valence electrons. The van der Waals surface area contributed by atoms with E-state index in [0.29, 0.717) is 5.92 Å². The van der Waals surface area contributed by atoms with Crippen LogP contribution in [0.15, 0.2) is 17.2 Å². The molecule has 2 rings (SSSR count). The molecule has 0 aromatic carbocycles. The topological polar surface area (TPSA) is 43.6 Å². The maximum absolute atomic E-state index is 4.19. The summed E-state index contributed by atoms with van der Waals surface area (Å²) in [7, 11) is 0. The van der Waals surface area contributed by atoms with Crippen molar-refractivity contribution in [1.29, 1.82) is 0 Å². The summed E-state index contributed by atoms with van der Waals surface area (Å²) in [6.45, 7) is 4.18. The summed E-state index contributed by atoms with van der Waals surface area (Å²) in [5.74, 6) is 2.17. The second kappa shape index (κ2) is 3.26. The minimum Gasteiger partial charge on any atom is -0.225 e. The quantitative estimate of drug-likeness (QED) is 0.732. The molecule has 2 aromatic heterocycles. The van der Waals surface area contributed by atoms with E-state index in [0.717, 1.165) is 11.6 Å². The van der Waals surface area contributed by atoms with Gasteiger partial charge < -0.3 is 0 Å². The Labute approximate surface area is 80.3 Å². The summed E-state index contributed by atoms with van der Waals surface area (Å²) < 4.78 is 1.78. The summed E-state index contributed by atoms with van der Waals surface area (Å²) in [6, 6.07) is 0. The average Bonchev–Trinajstić information content (AvgIpc) is 2.74. The van der Waals surface area contributed by atoms with Crippen molar-refractivity contribution < 1.29 is 0 Å². The molecular formula is C8H10N4S. The molecule has 0 radical (unpaired) electrons. The Bertz CT molecular complexity index is 377. The smallest absolute Gasteiger partial charge is 0.166 e. The molecule has 13 heavy (non-hydrogen) atoms. The van der Waals surface area contributed by atoms with E-state index >= 15 is 0 Å². The van der Waals surface area contributed by atoms with Gasteiger partial charge in [0.25, 0.3) is 0 Å². The van der Waals surface area contributed by atoms with Gasteiger partial charge in [-0.05, 0) is 0 Å². The molecule has 0 unspecified atom stereocenters. The summed E-state index contributed by atoms with van der Waals surface area (Å²) in [6.07, 6.45) is 1.56. The Morgan fingerprint density at radius 1 is 1.38 bits per heavy atom. The minimum atomic E-state index is 0.365. The van der Waals surface area contributed by atoms with Gasteiger partial charge in [0, 0.05) is 11.3 Å². The molecule has 0 aliphatic heterocycles. The van der Waals surface area contributed by atoms with Crippen molar-refractivity contribution in [2.45, 2.75) is 19.8 Å². The third-order valence-corrected chi connectivity index (χ3v) is 2.30. The second-order valence-corrected chi connectivity index (χ2v) is 3.75. The predicted octanol–water partition coefficient (Wildman–Crippen LogP) is 1.85. The van der Waals surface area contributed by atoms with E-state index in [1.807, 2.05) is 5.38 Å². The predicted molar refractivity (Wildman–Crippen MR) is 51.1 cm³/mol. The molecule has 2 aromatic rings. The Morgan fingerprint density at radius 3 is 2.85 bits per heavy atom. The van der Waals surface area contributed by atoms with Crippen LogP contribution in [-0.2, 0) is 0 Å². The van der Waals surface area contributed by atoms with E-state index in [9.17, 15) is 0 Å². The standard InChI is InChI=1S/C8H10N4S/c1-6(2)8-9-4-11-12(8)7-3-13-5-10-7/h3-6H,1-2H3. The van der Waals surface area contributed by atoms with Crippen molar-refractivity contribution >= 4 is 11.3 Å². The lowest BCUT2D eigenvalue weighted by atomic mass is 10.2. The van der Waals surface area contributed by atoms with Crippen molar-refractivity contribution in [2.75, 3.05) is 0 Å². The van der Waals surface area contributed by atoms with Crippen LogP contribution in [0.1, 0.15) is 25.6 Å². The van der Waals surface area contributed by atoms with Crippen LogP contribution < -0.4 is 0 Å². The molecule has 0 saturated heterocycles.